The topological polar surface area (TPSA) is 82.7 Å². The average molecular weight is 255 g/mol. The largest absolute Gasteiger partial charge is 0.478 e. The van der Waals surface area contributed by atoms with Crippen LogP contribution in [-0.2, 0) is 6.54 Å². The number of carbonyl (C=O) groups is 1. The third-order valence-corrected chi connectivity index (χ3v) is 2.79. The number of hydrogen-bond donors (Lipinski definition) is 3. The van der Waals surface area contributed by atoms with E-state index in [0.717, 1.165) is 12.8 Å². The third-order valence-electron chi connectivity index (χ3n) is 2.79. The van der Waals surface area contributed by atoms with Crippen LogP contribution in [0, 0.1) is 6.92 Å². The number of carboxylic acids is 1. The maximum atomic E-state index is 10.8. The highest BCUT2D eigenvalue weighted by atomic mass is 16.4. The van der Waals surface area contributed by atoms with E-state index >= 15 is 0 Å². The molecule has 0 spiro atoms. The van der Waals surface area contributed by atoms with Gasteiger partial charge in [-0.2, -0.15) is 0 Å². The Morgan fingerprint density at radius 3 is 2.72 bits per heavy atom. The van der Waals surface area contributed by atoms with Crippen LogP contribution in [-0.4, -0.2) is 28.3 Å². The van der Waals surface area contributed by atoms with Gasteiger partial charge in [0.2, 0.25) is 0 Å². The molecule has 0 amide bonds. The SMILES string of the molecule is CCCC(C)(O)CNCc1cc(C(=O)O)c(C)o1. The van der Waals surface area contributed by atoms with E-state index in [0.29, 0.717) is 24.6 Å². The van der Waals surface area contributed by atoms with E-state index in [2.05, 4.69) is 5.32 Å². The zero-order valence-electron chi connectivity index (χ0n) is 11.1. The molecular formula is C13H21NO4. The van der Waals surface area contributed by atoms with Gasteiger partial charge in [-0.1, -0.05) is 13.3 Å². The molecule has 5 nitrogen and oxygen atoms in total. The Morgan fingerprint density at radius 2 is 2.22 bits per heavy atom. The maximum absolute atomic E-state index is 10.8. The van der Waals surface area contributed by atoms with E-state index in [1.54, 1.807) is 13.8 Å². The molecule has 1 aromatic heterocycles. The van der Waals surface area contributed by atoms with E-state index in [9.17, 15) is 9.90 Å². The quantitative estimate of drug-likeness (QED) is 0.693. The van der Waals surface area contributed by atoms with Gasteiger partial charge in [0.25, 0.3) is 0 Å². The van der Waals surface area contributed by atoms with Crippen LogP contribution in [0.3, 0.4) is 0 Å². The summed E-state index contributed by atoms with van der Waals surface area (Å²) in [5, 5.41) is 21.9. The molecule has 0 aliphatic heterocycles. The summed E-state index contributed by atoms with van der Waals surface area (Å²) in [6, 6.07) is 1.51. The Labute approximate surface area is 107 Å². The van der Waals surface area contributed by atoms with Crippen molar-refractivity contribution < 1.29 is 19.4 Å². The molecule has 5 heteroatoms. The predicted octanol–water partition coefficient (Wildman–Crippen LogP) is 1.93. The summed E-state index contributed by atoms with van der Waals surface area (Å²) in [5.41, 5.74) is -0.557. The van der Waals surface area contributed by atoms with E-state index in [4.69, 9.17) is 9.52 Å². The molecule has 0 aliphatic rings. The van der Waals surface area contributed by atoms with E-state index in [1.165, 1.54) is 6.07 Å². The molecule has 1 atom stereocenters. The van der Waals surface area contributed by atoms with Gasteiger partial charge in [0.15, 0.2) is 0 Å². The van der Waals surface area contributed by atoms with Crippen molar-refractivity contribution >= 4 is 5.97 Å². The molecule has 102 valence electrons. The van der Waals surface area contributed by atoms with Gasteiger partial charge in [0, 0.05) is 6.54 Å². The highest BCUT2D eigenvalue weighted by molar-refractivity contribution is 5.88. The van der Waals surface area contributed by atoms with Gasteiger partial charge >= 0.3 is 5.97 Å². The fraction of sp³-hybridized carbons (Fsp3) is 0.615. The van der Waals surface area contributed by atoms with Gasteiger partial charge in [-0.05, 0) is 26.3 Å². The summed E-state index contributed by atoms with van der Waals surface area (Å²) >= 11 is 0. The van der Waals surface area contributed by atoms with Crippen molar-refractivity contribution in [1.82, 2.24) is 5.32 Å². The summed E-state index contributed by atoms with van der Waals surface area (Å²) < 4.78 is 5.33. The molecule has 1 heterocycles. The average Bonchev–Trinajstić information content (AvgIpc) is 2.59. The summed E-state index contributed by atoms with van der Waals surface area (Å²) in [7, 11) is 0. The van der Waals surface area contributed by atoms with Crippen molar-refractivity contribution in [3.8, 4) is 0 Å². The zero-order valence-corrected chi connectivity index (χ0v) is 11.1. The van der Waals surface area contributed by atoms with Crippen molar-refractivity contribution in [2.45, 2.75) is 45.8 Å². The third kappa shape index (κ3) is 4.16. The van der Waals surface area contributed by atoms with Crippen LogP contribution < -0.4 is 5.32 Å². The Hall–Kier alpha value is -1.33. The van der Waals surface area contributed by atoms with Crippen LogP contribution in [0.1, 0.15) is 48.6 Å². The highest BCUT2D eigenvalue weighted by Gasteiger charge is 2.19. The number of aliphatic hydroxyl groups is 1. The lowest BCUT2D eigenvalue weighted by Gasteiger charge is -2.22. The van der Waals surface area contributed by atoms with E-state index < -0.39 is 11.6 Å². The lowest BCUT2D eigenvalue weighted by atomic mass is 10.0. The molecule has 18 heavy (non-hydrogen) atoms. The molecule has 3 N–H and O–H groups in total. The predicted molar refractivity (Wildman–Crippen MR) is 67.6 cm³/mol. The normalized spacial score (nSPS) is 14.4. The van der Waals surface area contributed by atoms with Gasteiger partial charge in [0.05, 0.1) is 12.1 Å². The summed E-state index contributed by atoms with van der Waals surface area (Å²) in [4.78, 5) is 10.8. The minimum absolute atomic E-state index is 0.187. The summed E-state index contributed by atoms with van der Waals surface area (Å²) in [6.07, 6.45) is 1.63. The molecule has 0 aliphatic carbocycles. The molecule has 0 saturated carbocycles. The first-order valence-corrected chi connectivity index (χ1v) is 6.11. The van der Waals surface area contributed by atoms with Crippen molar-refractivity contribution in [3.63, 3.8) is 0 Å². The number of hydrogen-bond acceptors (Lipinski definition) is 4. The Bertz CT molecular complexity index is 409. The highest BCUT2D eigenvalue weighted by Crippen LogP contribution is 2.15. The molecule has 0 saturated heterocycles. The first kappa shape index (κ1) is 14.7. The van der Waals surface area contributed by atoms with E-state index in [1.807, 2.05) is 6.92 Å². The molecule has 0 bridgehead atoms. The molecular weight excluding hydrogens is 234 g/mol. The van der Waals surface area contributed by atoms with Crippen LogP contribution in [0.25, 0.3) is 0 Å². The Kier molecular flexibility index (Phi) is 4.93. The smallest absolute Gasteiger partial charge is 0.339 e. The minimum atomic E-state index is -0.986. The van der Waals surface area contributed by atoms with Gasteiger partial charge in [0.1, 0.15) is 17.1 Å². The Morgan fingerprint density at radius 1 is 1.56 bits per heavy atom. The monoisotopic (exact) mass is 255 g/mol. The number of aromatic carboxylic acids is 1. The molecule has 0 aromatic carbocycles. The standard InChI is InChI=1S/C13H21NO4/c1-4-5-13(3,17)8-14-7-10-6-11(12(15)16)9(2)18-10/h6,14,17H,4-5,7-8H2,1-3H3,(H,15,16). The first-order valence-electron chi connectivity index (χ1n) is 6.11. The van der Waals surface area contributed by atoms with Crippen molar-refractivity contribution in [2.24, 2.45) is 0 Å². The zero-order chi connectivity index (χ0) is 13.8. The fourth-order valence-electron chi connectivity index (χ4n) is 1.93. The van der Waals surface area contributed by atoms with Crippen molar-refractivity contribution in [3.05, 3.63) is 23.2 Å². The Balaban J connectivity index is 2.49. The maximum Gasteiger partial charge on any atom is 0.339 e. The molecule has 0 radical (unpaired) electrons. The van der Waals surface area contributed by atoms with Crippen molar-refractivity contribution in [2.75, 3.05) is 6.54 Å². The van der Waals surface area contributed by atoms with Crippen LogP contribution in [0.2, 0.25) is 0 Å². The number of aryl methyl sites for hydroxylation is 1. The molecule has 1 aromatic rings. The minimum Gasteiger partial charge on any atom is -0.478 e. The van der Waals surface area contributed by atoms with Crippen LogP contribution >= 0.6 is 0 Å². The van der Waals surface area contributed by atoms with Crippen LogP contribution in [0.4, 0.5) is 0 Å². The second-order valence-electron chi connectivity index (χ2n) is 4.84. The van der Waals surface area contributed by atoms with Gasteiger partial charge < -0.3 is 19.9 Å². The molecule has 0 fully saturated rings. The number of rotatable bonds is 7. The van der Waals surface area contributed by atoms with E-state index in [-0.39, 0.29) is 5.56 Å². The fourth-order valence-corrected chi connectivity index (χ4v) is 1.93. The second-order valence-corrected chi connectivity index (χ2v) is 4.84. The number of nitrogens with one attached hydrogen (secondary N) is 1. The molecule has 1 unspecified atom stereocenters. The van der Waals surface area contributed by atoms with Gasteiger partial charge in [-0.25, -0.2) is 4.79 Å². The molecule has 1 rings (SSSR count). The lowest BCUT2D eigenvalue weighted by Crippen LogP contribution is -2.37. The van der Waals surface area contributed by atoms with Crippen LogP contribution in [0.15, 0.2) is 10.5 Å². The van der Waals surface area contributed by atoms with Crippen molar-refractivity contribution in [1.29, 1.82) is 0 Å². The summed E-state index contributed by atoms with van der Waals surface area (Å²) in [5.74, 6) is -0.0164. The first-order chi connectivity index (χ1) is 8.35. The second kappa shape index (κ2) is 6.02. The van der Waals surface area contributed by atoms with Gasteiger partial charge in [-0.15, -0.1) is 0 Å². The number of carboxylic acid groups (broad SMARTS) is 1. The number of furan rings is 1. The van der Waals surface area contributed by atoms with Crippen LogP contribution in [0.5, 0.6) is 0 Å². The summed E-state index contributed by atoms with van der Waals surface area (Å²) in [6.45, 7) is 6.28. The lowest BCUT2D eigenvalue weighted by molar-refractivity contribution is 0.0493. The van der Waals surface area contributed by atoms with Gasteiger partial charge in [-0.3, -0.25) is 0 Å².